The number of hydrogen-bond acceptors (Lipinski definition) is 4. The van der Waals surface area contributed by atoms with Gasteiger partial charge in [-0.3, -0.25) is 0 Å². The number of methoxy groups -OCH3 is 1. The molecule has 0 bridgehead atoms. The quantitative estimate of drug-likeness (QED) is 0.177. The molecule has 0 fully saturated rings. The van der Waals surface area contributed by atoms with E-state index in [4.69, 9.17) is 24.7 Å². The smallest absolute Gasteiger partial charge is 0.192 e. The van der Waals surface area contributed by atoms with Gasteiger partial charge < -0.3 is 18.3 Å². The summed E-state index contributed by atoms with van der Waals surface area (Å²) in [6.07, 6.45) is 8.14. The molecule has 0 radical (unpaired) electrons. The average molecular weight is 535 g/mol. The van der Waals surface area contributed by atoms with Crippen LogP contribution in [0, 0.1) is 18.3 Å². The minimum Gasteiger partial charge on any atom is -0.497 e. The van der Waals surface area contributed by atoms with Crippen molar-refractivity contribution >= 4 is 16.6 Å². The second-order valence-corrected chi connectivity index (χ2v) is 22.8. The second-order valence-electron chi connectivity index (χ2n) is 13.2. The molecule has 0 N–H and O–H groups in total. The van der Waals surface area contributed by atoms with Gasteiger partial charge in [-0.05, 0) is 72.7 Å². The van der Waals surface area contributed by atoms with E-state index in [0.717, 1.165) is 24.2 Å². The van der Waals surface area contributed by atoms with Crippen molar-refractivity contribution in [3.05, 3.63) is 29.8 Å². The van der Waals surface area contributed by atoms with Crippen LogP contribution in [-0.4, -0.2) is 42.6 Å². The molecule has 0 amide bonds. The Labute approximate surface area is 225 Å². The maximum Gasteiger partial charge on any atom is 0.192 e. The Balaban J connectivity index is 3.07. The number of terminal acetylenes is 1. The first-order chi connectivity index (χ1) is 16.4. The van der Waals surface area contributed by atoms with E-state index in [1.807, 2.05) is 12.1 Å². The fraction of sp³-hybridized carbons (Fsp3) is 0.733. The Morgan fingerprint density at radius 1 is 0.917 bits per heavy atom. The van der Waals surface area contributed by atoms with E-state index in [2.05, 4.69) is 92.7 Å². The zero-order valence-electron chi connectivity index (χ0n) is 25.3. The fourth-order valence-electron chi connectivity index (χ4n) is 3.40. The normalized spacial score (nSPS) is 15.8. The highest BCUT2D eigenvalue weighted by Gasteiger charge is 2.41. The van der Waals surface area contributed by atoms with Crippen molar-refractivity contribution in [1.29, 1.82) is 0 Å². The third-order valence-corrected chi connectivity index (χ3v) is 17.2. The van der Waals surface area contributed by atoms with Gasteiger partial charge in [0, 0.05) is 13.0 Å². The Morgan fingerprint density at radius 2 is 1.47 bits per heavy atom. The molecular weight excluding hydrogens is 480 g/mol. The lowest BCUT2D eigenvalue weighted by atomic mass is 9.95. The second kappa shape index (κ2) is 13.6. The average Bonchev–Trinajstić information content (AvgIpc) is 2.75. The van der Waals surface area contributed by atoms with E-state index >= 15 is 0 Å². The molecule has 0 aromatic heterocycles. The van der Waals surface area contributed by atoms with Crippen LogP contribution in [0.5, 0.6) is 5.75 Å². The van der Waals surface area contributed by atoms with Gasteiger partial charge in [0.05, 0.1) is 25.9 Å². The predicted octanol–water partition coefficient (Wildman–Crippen LogP) is 8.43. The summed E-state index contributed by atoms with van der Waals surface area (Å²) in [4.78, 5) is 0. The van der Waals surface area contributed by atoms with Crippen LogP contribution in [0.25, 0.3) is 0 Å². The summed E-state index contributed by atoms with van der Waals surface area (Å²) in [5.74, 6) is 3.97. The molecule has 0 aliphatic heterocycles. The van der Waals surface area contributed by atoms with Crippen molar-refractivity contribution in [2.24, 2.45) is 5.92 Å². The molecule has 0 saturated carbocycles. The summed E-state index contributed by atoms with van der Waals surface area (Å²) in [6.45, 7) is 26.4. The minimum absolute atomic E-state index is 0.0202. The van der Waals surface area contributed by atoms with Crippen LogP contribution in [0.1, 0.15) is 73.3 Å². The van der Waals surface area contributed by atoms with E-state index < -0.39 is 16.6 Å². The molecular formula is C30H54O4Si2. The van der Waals surface area contributed by atoms with Crippen molar-refractivity contribution in [1.82, 2.24) is 0 Å². The SMILES string of the molecule is C#CC[C@@H](C)[C@H](C[C@@H](CCO[Si](C)(C)C(C)(C)C)OCc1ccc(OC)cc1)O[Si](C)(C)C(C)(C)C. The Kier molecular flexibility index (Phi) is 12.5. The van der Waals surface area contributed by atoms with Crippen LogP contribution in [0.4, 0.5) is 0 Å². The molecule has 6 heteroatoms. The van der Waals surface area contributed by atoms with Gasteiger partial charge in [-0.25, -0.2) is 0 Å². The molecule has 1 aromatic rings. The molecule has 0 spiro atoms. The van der Waals surface area contributed by atoms with Crippen LogP contribution in [-0.2, 0) is 20.2 Å². The number of ether oxygens (including phenoxy) is 2. The molecule has 3 atom stereocenters. The lowest BCUT2D eigenvalue weighted by Crippen LogP contribution is -2.46. The van der Waals surface area contributed by atoms with Crippen molar-refractivity contribution < 1.29 is 18.3 Å². The number of benzene rings is 1. The maximum absolute atomic E-state index is 6.95. The third-order valence-electron chi connectivity index (χ3n) is 8.18. The van der Waals surface area contributed by atoms with Gasteiger partial charge in [0.15, 0.2) is 16.6 Å². The Hall–Kier alpha value is -1.11. The fourth-order valence-corrected chi connectivity index (χ4v) is 5.90. The molecule has 1 rings (SSSR count). The number of rotatable bonds is 14. The molecule has 0 aliphatic carbocycles. The van der Waals surface area contributed by atoms with Gasteiger partial charge in [-0.15, -0.1) is 12.3 Å². The zero-order valence-corrected chi connectivity index (χ0v) is 27.3. The van der Waals surface area contributed by atoms with Crippen LogP contribution in [0.3, 0.4) is 0 Å². The molecule has 0 aliphatic rings. The highest BCUT2D eigenvalue weighted by Crippen LogP contribution is 2.40. The van der Waals surface area contributed by atoms with E-state index in [0.29, 0.717) is 19.6 Å². The summed E-state index contributed by atoms with van der Waals surface area (Å²) in [5, 5.41) is 0.313. The molecule has 0 heterocycles. The van der Waals surface area contributed by atoms with Gasteiger partial charge in [0.1, 0.15) is 5.75 Å². The number of hydrogen-bond donors (Lipinski definition) is 0. The molecule has 1 aromatic carbocycles. The van der Waals surface area contributed by atoms with E-state index in [1.165, 1.54) is 0 Å². The van der Waals surface area contributed by atoms with Crippen molar-refractivity contribution in [3.8, 4) is 18.1 Å². The van der Waals surface area contributed by atoms with Crippen LogP contribution in [0.2, 0.25) is 36.3 Å². The minimum atomic E-state index is -1.97. The van der Waals surface area contributed by atoms with Crippen LogP contribution in [0.15, 0.2) is 24.3 Å². The van der Waals surface area contributed by atoms with Crippen molar-refractivity contribution in [2.45, 2.75) is 123 Å². The molecule has 0 saturated heterocycles. The topological polar surface area (TPSA) is 36.9 Å². The summed E-state index contributed by atoms with van der Waals surface area (Å²) in [5.41, 5.74) is 1.13. The molecule has 4 nitrogen and oxygen atoms in total. The first-order valence-corrected chi connectivity index (χ1v) is 19.2. The van der Waals surface area contributed by atoms with Crippen LogP contribution < -0.4 is 4.74 Å². The van der Waals surface area contributed by atoms with Crippen molar-refractivity contribution in [3.63, 3.8) is 0 Å². The molecule has 36 heavy (non-hydrogen) atoms. The lowest BCUT2D eigenvalue weighted by molar-refractivity contribution is -0.0152. The summed E-state index contributed by atoms with van der Waals surface area (Å²) >= 11 is 0. The third kappa shape index (κ3) is 10.3. The highest BCUT2D eigenvalue weighted by atomic mass is 28.4. The highest BCUT2D eigenvalue weighted by molar-refractivity contribution is 6.74. The summed E-state index contributed by atoms with van der Waals surface area (Å²) in [7, 11) is -2.12. The Bertz CT molecular complexity index is 813. The summed E-state index contributed by atoms with van der Waals surface area (Å²) < 4.78 is 25.3. The van der Waals surface area contributed by atoms with Crippen LogP contribution >= 0.6 is 0 Å². The van der Waals surface area contributed by atoms with Gasteiger partial charge in [0.25, 0.3) is 0 Å². The molecule has 0 unspecified atom stereocenters. The van der Waals surface area contributed by atoms with Gasteiger partial charge in [0.2, 0.25) is 0 Å². The van der Waals surface area contributed by atoms with E-state index in [-0.39, 0.29) is 28.2 Å². The van der Waals surface area contributed by atoms with Gasteiger partial charge in [-0.2, -0.15) is 0 Å². The van der Waals surface area contributed by atoms with Crippen molar-refractivity contribution in [2.75, 3.05) is 13.7 Å². The zero-order chi connectivity index (χ0) is 27.8. The predicted molar refractivity (Wildman–Crippen MR) is 159 cm³/mol. The monoisotopic (exact) mass is 534 g/mol. The standard InChI is InChI=1S/C30H54O4Si2/c1-14-15-24(2)28(34-36(12,13)30(6,7)8)22-27(20-21-33-35(10,11)29(3,4)5)32-23-25-16-18-26(31-9)19-17-25/h1,16-19,24,27-28H,15,20-23H2,2-13H3/t24-,27-,28+/m1/s1. The Morgan fingerprint density at radius 3 is 1.94 bits per heavy atom. The van der Waals surface area contributed by atoms with Gasteiger partial charge >= 0.3 is 0 Å². The first-order valence-electron chi connectivity index (χ1n) is 13.4. The first kappa shape index (κ1) is 32.9. The van der Waals surface area contributed by atoms with E-state index in [9.17, 15) is 0 Å². The largest absolute Gasteiger partial charge is 0.497 e. The maximum atomic E-state index is 6.95. The van der Waals surface area contributed by atoms with E-state index in [1.54, 1.807) is 7.11 Å². The summed E-state index contributed by atoms with van der Waals surface area (Å²) in [6, 6.07) is 8.08. The lowest BCUT2D eigenvalue weighted by Gasteiger charge is -2.42. The van der Waals surface area contributed by atoms with Gasteiger partial charge in [-0.1, -0.05) is 60.6 Å². The molecule has 206 valence electrons.